The van der Waals surface area contributed by atoms with Gasteiger partial charge in [-0.2, -0.15) is 0 Å². The Labute approximate surface area is 322 Å². The number of benzene rings is 9. The van der Waals surface area contributed by atoms with Gasteiger partial charge >= 0.3 is 0 Å². The van der Waals surface area contributed by atoms with Crippen LogP contribution >= 0.6 is 11.3 Å². The molecule has 0 spiro atoms. The van der Waals surface area contributed by atoms with Crippen molar-refractivity contribution < 1.29 is 4.42 Å². The van der Waals surface area contributed by atoms with Crippen LogP contribution in [0.3, 0.4) is 0 Å². The van der Waals surface area contributed by atoms with Gasteiger partial charge in [-0.15, -0.1) is 11.3 Å². The maximum atomic E-state index is 6.54. The average molecular weight is 720 g/mol. The zero-order chi connectivity index (χ0) is 36.3. The minimum absolute atomic E-state index is 0.860. The highest BCUT2D eigenvalue weighted by Gasteiger charge is 2.25. The number of hydrogen-bond donors (Lipinski definition) is 0. The molecular formula is C52H33NOS. The lowest BCUT2D eigenvalue weighted by Gasteiger charge is -2.31. The lowest BCUT2D eigenvalue weighted by molar-refractivity contribution is 0.669. The second-order valence-electron chi connectivity index (χ2n) is 14.0. The number of thiophene rings is 1. The van der Waals surface area contributed by atoms with E-state index in [1.807, 2.05) is 23.5 Å². The summed E-state index contributed by atoms with van der Waals surface area (Å²) in [5, 5.41) is 7.24. The zero-order valence-corrected chi connectivity index (χ0v) is 30.6. The van der Waals surface area contributed by atoms with Gasteiger partial charge in [0.25, 0.3) is 0 Å². The highest BCUT2D eigenvalue weighted by molar-refractivity contribution is 7.25. The van der Waals surface area contributed by atoms with E-state index in [2.05, 4.69) is 193 Å². The van der Waals surface area contributed by atoms with Gasteiger partial charge < -0.3 is 9.32 Å². The fourth-order valence-corrected chi connectivity index (χ4v) is 9.47. The molecule has 0 aliphatic carbocycles. The van der Waals surface area contributed by atoms with Crippen molar-refractivity contribution >= 4 is 81.3 Å². The van der Waals surface area contributed by atoms with E-state index in [0.717, 1.165) is 50.1 Å². The van der Waals surface area contributed by atoms with Crippen molar-refractivity contribution in [3.63, 3.8) is 0 Å². The van der Waals surface area contributed by atoms with E-state index in [1.165, 1.54) is 53.2 Å². The Bertz CT molecular complexity index is 3220. The summed E-state index contributed by atoms with van der Waals surface area (Å²) < 4.78 is 9.13. The molecule has 3 heteroatoms. The summed E-state index contributed by atoms with van der Waals surface area (Å²) >= 11 is 1.85. The van der Waals surface area contributed by atoms with Crippen LogP contribution in [0.1, 0.15) is 0 Å². The van der Waals surface area contributed by atoms with E-state index in [4.69, 9.17) is 4.42 Å². The SMILES string of the molecule is c1ccc(-c2ccccc2N(c2ccc3c(c2)oc2ccccc23)c2cccc(-c3cccc4ccccc34)c2-c2ccc3sc4ccccc4c3c2)cc1. The van der Waals surface area contributed by atoms with Crippen molar-refractivity contribution in [2.24, 2.45) is 0 Å². The lowest BCUT2D eigenvalue weighted by Crippen LogP contribution is -2.13. The third-order valence-electron chi connectivity index (χ3n) is 10.9. The fourth-order valence-electron chi connectivity index (χ4n) is 8.39. The molecule has 0 fully saturated rings. The number of furan rings is 1. The molecular weight excluding hydrogens is 687 g/mol. The largest absolute Gasteiger partial charge is 0.456 e. The third-order valence-corrected chi connectivity index (χ3v) is 12.0. The van der Waals surface area contributed by atoms with Gasteiger partial charge in [-0.25, -0.2) is 0 Å². The van der Waals surface area contributed by atoms with Crippen molar-refractivity contribution in [3.8, 4) is 33.4 Å². The molecule has 0 N–H and O–H groups in total. The maximum Gasteiger partial charge on any atom is 0.137 e. The number of fused-ring (bicyclic) bond motifs is 7. The van der Waals surface area contributed by atoms with Crippen molar-refractivity contribution in [1.29, 1.82) is 0 Å². The van der Waals surface area contributed by atoms with Crippen LogP contribution in [0.5, 0.6) is 0 Å². The van der Waals surface area contributed by atoms with E-state index in [9.17, 15) is 0 Å². The molecule has 55 heavy (non-hydrogen) atoms. The van der Waals surface area contributed by atoms with Crippen LogP contribution in [0.2, 0.25) is 0 Å². The molecule has 2 nitrogen and oxygen atoms in total. The standard InChI is InChI=1S/C52H33NOS/c1-2-14-35(15-3-1)39-19-6-9-24-46(39)53(37-29-30-42-41-20-7-10-26-48(41)54-49(42)33-37)47-25-13-23-44(40-22-12-17-34-16-4-5-18-38(34)40)52(47)36-28-31-51-45(32-36)43-21-8-11-27-50(43)55-51/h1-33H. The highest BCUT2D eigenvalue weighted by Crippen LogP contribution is 2.50. The van der Waals surface area contributed by atoms with E-state index >= 15 is 0 Å². The number of rotatable bonds is 6. The molecule has 0 radical (unpaired) electrons. The molecule has 9 aromatic carbocycles. The Hall–Kier alpha value is -6.94. The van der Waals surface area contributed by atoms with Crippen LogP contribution < -0.4 is 4.90 Å². The van der Waals surface area contributed by atoms with Crippen molar-refractivity contribution in [3.05, 3.63) is 200 Å². The van der Waals surface area contributed by atoms with Crippen molar-refractivity contribution in [2.45, 2.75) is 0 Å². The molecule has 2 heterocycles. The average Bonchev–Trinajstić information content (AvgIpc) is 3.82. The van der Waals surface area contributed by atoms with Gasteiger partial charge in [-0.1, -0.05) is 146 Å². The summed E-state index contributed by atoms with van der Waals surface area (Å²) in [4.78, 5) is 2.44. The van der Waals surface area contributed by atoms with Crippen LogP contribution in [0.15, 0.2) is 205 Å². The predicted molar refractivity (Wildman–Crippen MR) is 235 cm³/mol. The van der Waals surface area contributed by atoms with E-state index in [0.29, 0.717) is 0 Å². The first kappa shape index (κ1) is 31.6. The maximum absolute atomic E-state index is 6.54. The molecule has 0 saturated carbocycles. The first-order chi connectivity index (χ1) is 27.3. The van der Waals surface area contributed by atoms with Crippen LogP contribution in [-0.4, -0.2) is 0 Å². The van der Waals surface area contributed by atoms with Crippen molar-refractivity contribution in [2.75, 3.05) is 4.90 Å². The number of para-hydroxylation sites is 2. The van der Waals surface area contributed by atoms with Gasteiger partial charge in [0.2, 0.25) is 0 Å². The smallest absolute Gasteiger partial charge is 0.137 e. The van der Waals surface area contributed by atoms with E-state index < -0.39 is 0 Å². The summed E-state index contributed by atoms with van der Waals surface area (Å²) in [7, 11) is 0. The topological polar surface area (TPSA) is 16.4 Å². The molecule has 0 bridgehead atoms. The molecule has 0 atom stereocenters. The summed E-state index contributed by atoms with van der Waals surface area (Å²) in [6, 6.07) is 72.4. The highest BCUT2D eigenvalue weighted by atomic mass is 32.1. The first-order valence-corrected chi connectivity index (χ1v) is 19.5. The molecule has 2 aromatic heterocycles. The first-order valence-electron chi connectivity index (χ1n) is 18.7. The Balaban J connectivity index is 1.25. The number of anilines is 3. The Morgan fingerprint density at radius 2 is 1.02 bits per heavy atom. The predicted octanol–water partition coefficient (Wildman–Crippen LogP) is 15.6. The molecule has 258 valence electrons. The van der Waals surface area contributed by atoms with Gasteiger partial charge in [0.05, 0.1) is 11.4 Å². The van der Waals surface area contributed by atoms with Crippen LogP contribution in [0.25, 0.3) is 86.3 Å². The molecule has 0 unspecified atom stereocenters. The van der Waals surface area contributed by atoms with Gasteiger partial charge in [0.15, 0.2) is 0 Å². The van der Waals surface area contributed by atoms with Gasteiger partial charge in [-0.3, -0.25) is 0 Å². The summed E-state index contributed by atoms with van der Waals surface area (Å²) in [5.74, 6) is 0. The number of nitrogens with zero attached hydrogens (tertiary/aromatic N) is 1. The van der Waals surface area contributed by atoms with Crippen molar-refractivity contribution in [1.82, 2.24) is 0 Å². The molecule has 0 amide bonds. The Kier molecular flexibility index (Phi) is 7.39. The Morgan fingerprint density at radius 3 is 1.95 bits per heavy atom. The molecule has 0 aliphatic heterocycles. The van der Waals surface area contributed by atoms with Crippen LogP contribution in [-0.2, 0) is 0 Å². The monoisotopic (exact) mass is 719 g/mol. The Morgan fingerprint density at radius 1 is 0.364 bits per heavy atom. The van der Waals surface area contributed by atoms with E-state index in [-0.39, 0.29) is 0 Å². The molecule has 11 rings (SSSR count). The van der Waals surface area contributed by atoms with Crippen LogP contribution in [0, 0.1) is 0 Å². The molecule has 11 aromatic rings. The second-order valence-corrected chi connectivity index (χ2v) is 15.1. The lowest BCUT2D eigenvalue weighted by atomic mass is 9.89. The van der Waals surface area contributed by atoms with Crippen LogP contribution in [0.4, 0.5) is 17.1 Å². The summed E-state index contributed by atoms with van der Waals surface area (Å²) in [6.07, 6.45) is 0. The second kappa shape index (κ2) is 12.9. The molecule has 0 saturated heterocycles. The molecule has 0 aliphatic rings. The quantitative estimate of drug-likeness (QED) is 0.170. The normalized spacial score (nSPS) is 11.6. The third kappa shape index (κ3) is 5.24. The van der Waals surface area contributed by atoms with Gasteiger partial charge in [0, 0.05) is 53.8 Å². The summed E-state index contributed by atoms with van der Waals surface area (Å²) in [6.45, 7) is 0. The number of hydrogen-bond acceptors (Lipinski definition) is 3. The summed E-state index contributed by atoms with van der Waals surface area (Å²) in [5.41, 5.74) is 12.0. The van der Waals surface area contributed by atoms with Gasteiger partial charge in [0.1, 0.15) is 11.2 Å². The van der Waals surface area contributed by atoms with E-state index in [1.54, 1.807) is 0 Å². The van der Waals surface area contributed by atoms with Gasteiger partial charge in [-0.05, 0) is 81.6 Å². The fraction of sp³-hybridized carbons (Fsp3) is 0. The minimum atomic E-state index is 0.860. The minimum Gasteiger partial charge on any atom is -0.456 e. The zero-order valence-electron chi connectivity index (χ0n) is 29.8.